The molecule has 0 aliphatic heterocycles. The van der Waals surface area contributed by atoms with Crippen molar-refractivity contribution in [1.82, 2.24) is 0 Å². The summed E-state index contributed by atoms with van der Waals surface area (Å²) in [5, 5.41) is 0. The predicted molar refractivity (Wildman–Crippen MR) is 146 cm³/mol. The van der Waals surface area contributed by atoms with Crippen molar-refractivity contribution in [3.05, 3.63) is 54.6 Å². The van der Waals surface area contributed by atoms with E-state index in [9.17, 15) is 0 Å². The molecule has 2 atom stereocenters. The van der Waals surface area contributed by atoms with E-state index >= 15 is 0 Å². The fourth-order valence-electron chi connectivity index (χ4n) is 6.97. The molecule has 1 heteroatoms. The minimum atomic E-state index is 0.741. The summed E-state index contributed by atoms with van der Waals surface area (Å²) >= 11 is 0. The van der Waals surface area contributed by atoms with E-state index < -0.39 is 0 Å². The third-order valence-corrected chi connectivity index (χ3v) is 9.39. The van der Waals surface area contributed by atoms with Crippen molar-refractivity contribution >= 4 is 0 Å². The summed E-state index contributed by atoms with van der Waals surface area (Å²) in [5.41, 5.74) is 1.53. The second-order valence-electron chi connectivity index (χ2n) is 11.8. The van der Waals surface area contributed by atoms with Gasteiger partial charge in [0.05, 0.1) is 6.61 Å². The van der Waals surface area contributed by atoms with E-state index in [0.29, 0.717) is 0 Å². The summed E-state index contributed by atoms with van der Waals surface area (Å²) < 4.78 is 6.21. The fraction of sp³-hybridized carbons (Fsp3) is 0.697. The van der Waals surface area contributed by atoms with Gasteiger partial charge in [-0.3, -0.25) is 0 Å². The SMILES string of the molecule is C=CCCC1CCC(COc2ccc(C3CCC(C4C=CC(CCCC)CC4)CC3)cc2)CC1. The number of rotatable bonds is 11. The first-order valence-electron chi connectivity index (χ1n) is 14.8. The Morgan fingerprint density at radius 1 is 0.824 bits per heavy atom. The maximum Gasteiger partial charge on any atom is 0.119 e. The van der Waals surface area contributed by atoms with Crippen LogP contribution in [-0.4, -0.2) is 6.61 Å². The lowest BCUT2D eigenvalue weighted by molar-refractivity contribution is 0.179. The molecule has 34 heavy (non-hydrogen) atoms. The summed E-state index contributed by atoms with van der Waals surface area (Å²) in [6.45, 7) is 7.08. The summed E-state index contributed by atoms with van der Waals surface area (Å²) in [5.74, 6) is 6.12. The maximum absolute atomic E-state index is 6.21. The number of hydrogen-bond acceptors (Lipinski definition) is 1. The molecule has 2 unspecified atom stereocenters. The van der Waals surface area contributed by atoms with Crippen LogP contribution < -0.4 is 4.74 Å². The first-order valence-corrected chi connectivity index (χ1v) is 14.8. The number of allylic oxidation sites excluding steroid dienone is 3. The Morgan fingerprint density at radius 3 is 2.21 bits per heavy atom. The van der Waals surface area contributed by atoms with Crippen molar-refractivity contribution in [2.24, 2.45) is 29.6 Å². The van der Waals surface area contributed by atoms with Crippen LogP contribution in [0.15, 0.2) is 49.1 Å². The van der Waals surface area contributed by atoms with Gasteiger partial charge in [0.1, 0.15) is 5.75 Å². The van der Waals surface area contributed by atoms with E-state index in [1.807, 2.05) is 0 Å². The maximum atomic E-state index is 6.21. The van der Waals surface area contributed by atoms with Crippen LogP contribution in [0.4, 0.5) is 0 Å². The van der Waals surface area contributed by atoms with Gasteiger partial charge in [0.25, 0.3) is 0 Å². The lowest BCUT2D eigenvalue weighted by Crippen LogP contribution is -2.22. The van der Waals surface area contributed by atoms with Gasteiger partial charge in [0.15, 0.2) is 0 Å². The van der Waals surface area contributed by atoms with Crippen LogP contribution in [-0.2, 0) is 0 Å². The summed E-state index contributed by atoms with van der Waals surface area (Å²) in [6, 6.07) is 9.17. The Hall–Kier alpha value is -1.50. The normalized spacial score (nSPS) is 31.8. The number of benzene rings is 1. The van der Waals surface area contributed by atoms with Gasteiger partial charge in [0, 0.05) is 0 Å². The highest BCUT2D eigenvalue weighted by Crippen LogP contribution is 2.42. The van der Waals surface area contributed by atoms with E-state index in [0.717, 1.165) is 47.9 Å². The van der Waals surface area contributed by atoms with Crippen LogP contribution in [0.2, 0.25) is 0 Å². The molecule has 2 saturated carbocycles. The van der Waals surface area contributed by atoms with Crippen molar-refractivity contribution in [2.75, 3.05) is 6.61 Å². The molecule has 0 saturated heterocycles. The van der Waals surface area contributed by atoms with Gasteiger partial charge in [-0.05, 0) is 124 Å². The van der Waals surface area contributed by atoms with Gasteiger partial charge >= 0.3 is 0 Å². The quantitative estimate of drug-likeness (QED) is 0.297. The van der Waals surface area contributed by atoms with E-state index in [4.69, 9.17) is 4.74 Å². The molecule has 0 N–H and O–H groups in total. The Morgan fingerprint density at radius 2 is 1.56 bits per heavy atom. The van der Waals surface area contributed by atoms with Crippen LogP contribution in [0.25, 0.3) is 0 Å². The molecule has 2 fully saturated rings. The largest absolute Gasteiger partial charge is 0.493 e. The first kappa shape index (κ1) is 25.6. The molecule has 3 aliphatic carbocycles. The number of unbranched alkanes of at least 4 members (excludes halogenated alkanes) is 1. The Kier molecular flexibility index (Phi) is 10.2. The predicted octanol–water partition coefficient (Wildman–Crippen LogP) is 9.88. The van der Waals surface area contributed by atoms with Gasteiger partial charge in [-0.25, -0.2) is 0 Å². The summed E-state index contributed by atoms with van der Waals surface area (Å²) in [4.78, 5) is 0. The van der Waals surface area contributed by atoms with E-state index in [1.165, 1.54) is 102 Å². The minimum absolute atomic E-state index is 0.741. The zero-order valence-corrected chi connectivity index (χ0v) is 21.9. The summed E-state index contributed by atoms with van der Waals surface area (Å²) in [7, 11) is 0. The van der Waals surface area contributed by atoms with Crippen molar-refractivity contribution in [3.63, 3.8) is 0 Å². The fourth-order valence-corrected chi connectivity index (χ4v) is 6.97. The van der Waals surface area contributed by atoms with Crippen LogP contribution >= 0.6 is 0 Å². The molecule has 1 aromatic carbocycles. The second-order valence-corrected chi connectivity index (χ2v) is 11.8. The smallest absolute Gasteiger partial charge is 0.119 e. The average Bonchev–Trinajstić information content (AvgIpc) is 2.91. The molecule has 0 aromatic heterocycles. The lowest BCUT2D eigenvalue weighted by atomic mass is 9.70. The van der Waals surface area contributed by atoms with E-state index in [2.05, 4.69) is 56.0 Å². The topological polar surface area (TPSA) is 9.23 Å². The van der Waals surface area contributed by atoms with E-state index in [-0.39, 0.29) is 0 Å². The number of hydrogen-bond donors (Lipinski definition) is 0. The zero-order valence-electron chi connectivity index (χ0n) is 21.9. The molecule has 1 aromatic rings. The van der Waals surface area contributed by atoms with Gasteiger partial charge < -0.3 is 4.74 Å². The molecule has 1 nitrogen and oxygen atoms in total. The molecule has 3 aliphatic rings. The molecule has 188 valence electrons. The Labute approximate surface area is 210 Å². The molecular weight excluding hydrogens is 412 g/mol. The second kappa shape index (κ2) is 13.6. The van der Waals surface area contributed by atoms with E-state index in [1.54, 1.807) is 0 Å². The minimum Gasteiger partial charge on any atom is -0.493 e. The standard InChI is InChI=1S/C33H50O/c1-3-5-7-26-9-11-28(12-10-26)25-34-33-23-21-32(22-24-33)31-19-17-30(18-20-31)29-15-13-27(14-16-29)8-6-4-2/h3,13,15,21-24,26-31H,1,4-12,14,16-20,25H2,2H3. The van der Waals surface area contributed by atoms with Crippen LogP contribution in [0.3, 0.4) is 0 Å². The highest BCUT2D eigenvalue weighted by atomic mass is 16.5. The molecule has 0 bridgehead atoms. The van der Waals surface area contributed by atoms with Gasteiger partial charge in [0.2, 0.25) is 0 Å². The van der Waals surface area contributed by atoms with Crippen LogP contribution in [0, 0.1) is 29.6 Å². The zero-order chi connectivity index (χ0) is 23.6. The highest BCUT2D eigenvalue weighted by molar-refractivity contribution is 5.29. The third kappa shape index (κ3) is 7.50. The molecule has 0 spiro atoms. The molecule has 0 amide bonds. The Bertz CT molecular complexity index is 730. The molecular formula is C33H50O. The van der Waals surface area contributed by atoms with Gasteiger partial charge in [-0.15, -0.1) is 6.58 Å². The first-order chi connectivity index (χ1) is 16.7. The van der Waals surface area contributed by atoms with Crippen molar-refractivity contribution < 1.29 is 4.74 Å². The monoisotopic (exact) mass is 462 g/mol. The van der Waals surface area contributed by atoms with Gasteiger partial charge in [-0.2, -0.15) is 0 Å². The average molecular weight is 463 g/mol. The van der Waals surface area contributed by atoms with Gasteiger partial charge in [-0.1, -0.05) is 63.0 Å². The summed E-state index contributed by atoms with van der Waals surface area (Å²) in [6.07, 6.45) is 27.7. The van der Waals surface area contributed by atoms with Crippen molar-refractivity contribution in [3.8, 4) is 5.75 Å². The van der Waals surface area contributed by atoms with Crippen molar-refractivity contribution in [1.29, 1.82) is 0 Å². The number of ether oxygens (including phenoxy) is 1. The lowest BCUT2D eigenvalue weighted by Gasteiger charge is -2.35. The van der Waals surface area contributed by atoms with Crippen LogP contribution in [0.1, 0.15) is 115 Å². The third-order valence-electron chi connectivity index (χ3n) is 9.39. The Balaban J connectivity index is 1.16. The molecule has 0 radical (unpaired) electrons. The highest BCUT2D eigenvalue weighted by Gasteiger charge is 2.29. The van der Waals surface area contributed by atoms with Crippen LogP contribution in [0.5, 0.6) is 5.75 Å². The molecule has 0 heterocycles. The molecule has 4 rings (SSSR count). The van der Waals surface area contributed by atoms with Crippen molar-refractivity contribution in [2.45, 2.75) is 109 Å².